The van der Waals surface area contributed by atoms with Gasteiger partial charge in [-0.3, -0.25) is 9.42 Å². The minimum atomic E-state index is -4.52. The van der Waals surface area contributed by atoms with Gasteiger partial charge in [0.15, 0.2) is 0 Å². The van der Waals surface area contributed by atoms with Crippen molar-refractivity contribution in [2.45, 2.75) is 32.2 Å². The van der Waals surface area contributed by atoms with Gasteiger partial charge in [0.2, 0.25) is 0 Å². The highest BCUT2D eigenvalue weighted by Crippen LogP contribution is 2.39. The van der Waals surface area contributed by atoms with E-state index >= 15 is 0 Å². The highest BCUT2D eigenvalue weighted by Gasteiger charge is 2.35. The van der Waals surface area contributed by atoms with Crippen molar-refractivity contribution in [1.82, 2.24) is 4.90 Å². The lowest BCUT2D eigenvalue weighted by Gasteiger charge is -2.42. The van der Waals surface area contributed by atoms with Crippen molar-refractivity contribution in [2.24, 2.45) is 0 Å². The van der Waals surface area contributed by atoms with Crippen LogP contribution in [0.2, 0.25) is 0 Å². The number of phosphoric acid groups is 1. The average Bonchev–Trinajstić information content (AvgIpc) is 2.30. The summed E-state index contributed by atoms with van der Waals surface area (Å²) in [5.74, 6) is 0. The first-order valence-electron chi connectivity index (χ1n) is 6.02. The van der Waals surface area contributed by atoms with Gasteiger partial charge < -0.3 is 20.0 Å². The van der Waals surface area contributed by atoms with Crippen LogP contribution in [-0.2, 0) is 9.09 Å². The molecule has 0 saturated carbocycles. The zero-order chi connectivity index (χ0) is 14.2. The molecule has 0 saturated heterocycles. The topological polar surface area (TPSA) is 110 Å². The maximum absolute atomic E-state index is 10.8. The molecular weight excluding hydrogens is 261 g/mol. The monoisotopic (exact) mass is 285 g/mol. The van der Waals surface area contributed by atoms with Crippen LogP contribution in [0.25, 0.3) is 0 Å². The molecule has 7 nitrogen and oxygen atoms in total. The van der Waals surface area contributed by atoms with E-state index in [1.54, 1.807) is 0 Å². The standard InChI is InChI=1S/C10H24NO6P/c1-3-10(4-2,9-17-18(14,15)16)11(5-7-12)6-8-13/h12-13H,3-9H2,1-2H3,(H2,14,15,16). The lowest BCUT2D eigenvalue weighted by atomic mass is 9.91. The summed E-state index contributed by atoms with van der Waals surface area (Å²) in [6.45, 7) is 4.11. The molecule has 4 N–H and O–H groups in total. The SMILES string of the molecule is CCC(CC)(COP(=O)(O)O)N(CCO)CCO. The Morgan fingerprint density at radius 2 is 1.56 bits per heavy atom. The Labute approximate surface area is 108 Å². The Balaban J connectivity index is 4.88. The van der Waals surface area contributed by atoms with Crippen LogP contribution in [-0.4, -0.2) is 63.3 Å². The average molecular weight is 285 g/mol. The fourth-order valence-corrected chi connectivity index (χ4v) is 2.43. The molecule has 0 spiro atoms. The Kier molecular flexibility index (Phi) is 8.21. The molecule has 0 aliphatic rings. The van der Waals surface area contributed by atoms with Crippen molar-refractivity contribution in [3.63, 3.8) is 0 Å². The Hall–Kier alpha value is -0.0100. The van der Waals surface area contributed by atoms with Crippen LogP contribution in [0, 0.1) is 0 Å². The minimum Gasteiger partial charge on any atom is -0.395 e. The molecule has 0 aliphatic carbocycles. The van der Waals surface area contributed by atoms with Gasteiger partial charge in [0.25, 0.3) is 0 Å². The molecule has 0 amide bonds. The van der Waals surface area contributed by atoms with Crippen LogP contribution in [0.5, 0.6) is 0 Å². The molecule has 8 heteroatoms. The molecule has 0 aliphatic heterocycles. The number of rotatable bonds is 10. The summed E-state index contributed by atoms with van der Waals surface area (Å²) in [6.07, 6.45) is 1.20. The summed E-state index contributed by atoms with van der Waals surface area (Å²) >= 11 is 0. The minimum absolute atomic E-state index is 0.0857. The fourth-order valence-electron chi connectivity index (χ4n) is 2.02. The predicted molar refractivity (Wildman–Crippen MR) is 67.1 cm³/mol. The highest BCUT2D eigenvalue weighted by atomic mass is 31.2. The van der Waals surface area contributed by atoms with E-state index in [1.165, 1.54) is 0 Å². The second-order valence-corrected chi connectivity index (χ2v) is 5.37. The van der Waals surface area contributed by atoms with Crippen LogP contribution < -0.4 is 0 Å². The molecule has 0 aromatic rings. The van der Waals surface area contributed by atoms with Crippen LogP contribution in [0.15, 0.2) is 0 Å². The normalized spacial score (nSPS) is 13.3. The Morgan fingerprint density at radius 3 is 1.83 bits per heavy atom. The van der Waals surface area contributed by atoms with Crippen molar-refractivity contribution in [2.75, 3.05) is 32.9 Å². The van der Waals surface area contributed by atoms with E-state index < -0.39 is 13.4 Å². The summed E-state index contributed by atoms with van der Waals surface area (Å²) in [4.78, 5) is 19.4. The Morgan fingerprint density at radius 1 is 1.11 bits per heavy atom. The maximum atomic E-state index is 10.8. The second kappa shape index (κ2) is 8.22. The zero-order valence-electron chi connectivity index (χ0n) is 10.9. The summed E-state index contributed by atoms with van der Waals surface area (Å²) in [5.41, 5.74) is -0.591. The van der Waals surface area contributed by atoms with Crippen molar-refractivity contribution >= 4 is 7.82 Å². The van der Waals surface area contributed by atoms with Gasteiger partial charge in [-0.05, 0) is 12.8 Å². The number of nitrogens with zero attached hydrogens (tertiary/aromatic N) is 1. The molecule has 0 aromatic heterocycles. The summed E-state index contributed by atoms with van der Waals surface area (Å²) < 4.78 is 15.4. The quantitative estimate of drug-likeness (QED) is 0.416. The van der Waals surface area contributed by atoms with Crippen molar-refractivity contribution in [1.29, 1.82) is 0 Å². The molecule has 0 bridgehead atoms. The summed E-state index contributed by atoms with van der Waals surface area (Å²) in [6, 6.07) is 0. The van der Waals surface area contributed by atoms with Crippen molar-refractivity contribution in [3.05, 3.63) is 0 Å². The molecular formula is C10H24NO6P. The molecule has 0 radical (unpaired) electrons. The van der Waals surface area contributed by atoms with Crippen LogP contribution in [0.4, 0.5) is 0 Å². The van der Waals surface area contributed by atoms with Crippen molar-refractivity contribution < 1.29 is 29.1 Å². The Bertz CT molecular complexity index is 259. The smallest absolute Gasteiger partial charge is 0.395 e. The number of aliphatic hydroxyl groups excluding tert-OH is 2. The van der Waals surface area contributed by atoms with Gasteiger partial charge in [-0.2, -0.15) is 0 Å². The van der Waals surface area contributed by atoms with Gasteiger partial charge in [-0.1, -0.05) is 13.8 Å². The van der Waals surface area contributed by atoms with Crippen molar-refractivity contribution in [3.8, 4) is 0 Å². The van der Waals surface area contributed by atoms with Gasteiger partial charge in [-0.15, -0.1) is 0 Å². The van der Waals surface area contributed by atoms with Gasteiger partial charge in [0.05, 0.1) is 19.8 Å². The van der Waals surface area contributed by atoms with E-state index in [1.807, 2.05) is 18.7 Å². The molecule has 0 unspecified atom stereocenters. The number of hydrogen-bond acceptors (Lipinski definition) is 5. The molecule has 110 valence electrons. The molecule has 18 heavy (non-hydrogen) atoms. The summed E-state index contributed by atoms with van der Waals surface area (Å²) in [7, 11) is -4.52. The van der Waals surface area contributed by atoms with Crippen LogP contribution >= 0.6 is 7.82 Å². The van der Waals surface area contributed by atoms with Crippen LogP contribution in [0.1, 0.15) is 26.7 Å². The van der Waals surface area contributed by atoms with Gasteiger partial charge >= 0.3 is 7.82 Å². The van der Waals surface area contributed by atoms with Gasteiger partial charge in [-0.25, -0.2) is 4.57 Å². The van der Waals surface area contributed by atoms with Gasteiger partial charge in [0, 0.05) is 18.6 Å². The molecule has 0 rings (SSSR count). The maximum Gasteiger partial charge on any atom is 0.469 e. The zero-order valence-corrected chi connectivity index (χ0v) is 11.8. The lowest BCUT2D eigenvalue weighted by molar-refractivity contribution is 0.00173. The first kappa shape index (κ1) is 18.0. The van der Waals surface area contributed by atoms with E-state index in [0.717, 1.165) is 0 Å². The number of β-amino-alcohol motifs (C(OH)–C–C–N with tert-alkyl or cyclic N) is 2. The third-order valence-electron chi connectivity index (χ3n) is 3.23. The number of aliphatic hydroxyl groups is 2. The number of hydrogen-bond donors (Lipinski definition) is 4. The first-order chi connectivity index (χ1) is 8.35. The second-order valence-electron chi connectivity index (χ2n) is 4.13. The van der Waals surface area contributed by atoms with E-state index in [2.05, 4.69) is 4.52 Å². The lowest BCUT2D eigenvalue weighted by Crippen LogP contribution is -2.53. The molecule has 0 heterocycles. The van der Waals surface area contributed by atoms with E-state index in [9.17, 15) is 4.57 Å². The summed E-state index contributed by atoms with van der Waals surface area (Å²) in [5, 5.41) is 18.1. The fraction of sp³-hybridized carbons (Fsp3) is 1.00. The third-order valence-corrected chi connectivity index (χ3v) is 3.69. The molecule has 0 atom stereocenters. The first-order valence-corrected chi connectivity index (χ1v) is 7.55. The number of phosphoric ester groups is 1. The molecule has 0 fully saturated rings. The van der Waals surface area contributed by atoms with E-state index in [0.29, 0.717) is 25.9 Å². The largest absolute Gasteiger partial charge is 0.469 e. The molecule has 0 aromatic carbocycles. The van der Waals surface area contributed by atoms with E-state index in [-0.39, 0.29) is 19.8 Å². The predicted octanol–water partition coefficient (Wildman–Crippen LogP) is -0.0589. The van der Waals surface area contributed by atoms with Gasteiger partial charge in [0.1, 0.15) is 0 Å². The third kappa shape index (κ3) is 5.75. The highest BCUT2D eigenvalue weighted by molar-refractivity contribution is 7.46. The van der Waals surface area contributed by atoms with E-state index in [4.69, 9.17) is 20.0 Å². The van der Waals surface area contributed by atoms with Crippen LogP contribution in [0.3, 0.4) is 0 Å².